The Balaban J connectivity index is 4.49. The van der Waals surface area contributed by atoms with Crippen LogP contribution in [0.5, 0.6) is 0 Å². The first-order chi connectivity index (χ1) is 6.53. The van der Waals surface area contributed by atoms with Crippen LogP contribution >= 0.6 is 0 Å². The van der Waals surface area contributed by atoms with Crippen molar-refractivity contribution in [2.45, 2.75) is 59.0 Å². The average Bonchev–Trinajstić information content (AvgIpc) is 1.95. The molecule has 3 heteroatoms. The van der Waals surface area contributed by atoms with E-state index in [1.165, 1.54) is 0 Å². The number of aliphatic hydroxyl groups is 1. The van der Waals surface area contributed by atoms with Gasteiger partial charge in [0.05, 0.1) is 0 Å². The third-order valence-corrected chi connectivity index (χ3v) is 2.84. The summed E-state index contributed by atoms with van der Waals surface area (Å²) in [6.07, 6.45) is -0.561. The zero-order valence-electron chi connectivity index (χ0n) is 11.0. The van der Waals surface area contributed by atoms with Crippen molar-refractivity contribution in [1.29, 1.82) is 0 Å². The molecule has 0 fully saturated rings. The van der Waals surface area contributed by atoms with Crippen molar-refractivity contribution in [1.82, 2.24) is 0 Å². The molecule has 0 aromatic rings. The first kappa shape index (κ1) is 14.7. The van der Waals surface area contributed by atoms with Gasteiger partial charge in [0.15, 0.2) is 8.32 Å². The molecule has 0 unspecified atom stereocenters. The predicted molar refractivity (Wildman–Crippen MR) is 67.1 cm³/mol. The minimum absolute atomic E-state index is 0.167. The Kier molecular flexibility index (Phi) is 5.05. The third-order valence-electron chi connectivity index (χ3n) is 1.71. The summed E-state index contributed by atoms with van der Waals surface area (Å²) in [6, 6.07) is 0. The molecule has 0 rings (SSSR count). The van der Waals surface area contributed by atoms with E-state index in [0.717, 1.165) is 0 Å². The number of hydrogen-bond acceptors (Lipinski definition) is 2. The molecule has 0 aliphatic heterocycles. The lowest BCUT2D eigenvalue weighted by Gasteiger charge is -2.28. The first-order valence-electron chi connectivity index (χ1n) is 5.44. The van der Waals surface area contributed by atoms with Gasteiger partial charge in [0, 0.05) is 0 Å². The lowest BCUT2D eigenvalue weighted by atomic mass is 10.1. The van der Waals surface area contributed by atoms with E-state index in [-0.39, 0.29) is 5.92 Å². The molecule has 0 aliphatic carbocycles. The highest BCUT2D eigenvalue weighted by Gasteiger charge is 2.25. The first-order valence-corrected chi connectivity index (χ1v) is 8.85. The summed E-state index contributed by atoms with van der Waals surface area (Å²) in [5, 5.41) is 9.57. The Hall–Kier alpha value is -0.303. The summed E-state index contributed by atoms with van der Waals surface area (Å²) in [6.45, 7) is 14.2. The molecule has 0 heterocycles. The van der Waals surface area contributed by atoms with Gasteiger partial charge in [-0.1, -0.05) is 25.7 Å². The fourth-order valence-electron chi connectivity index (χ4n) is 1.21. The molecule has 0 saturated carbocycles. The fourth-order valence-corrected chi connectivity index (χ4v) is 2.79. The van der Waals surface area contributed by atoms with Crippen LogP contribution in [0.2, 0.25) is 19.6 Å². The highest BCUT2D eigenvalue weighted by Crippen LogP contribution is 2.16. The molecule has 0 saturated heterocycles. The normalized spacial score (nSPS) is 14.7. The van der Waals surface area contributed by atoms with Gasteiger partial charge >= 0.3 is 0 Å². The summed E-state index contributed by atoms with van der Waals surface area (Å²) in [5.74, 6) is 6.02. The summed E-state index contributed by atoms with van der Waals surface area (Å²) >= 11 is 0. The lowest BCUT2D eigenvalue weighted by molar-refractivity contribution is 0.159. The molecule has 0 radical (unpaired) electrons. The van der Waals surface area contributed by atoms with E-state index in [2.05, 4.69) is 31.5 Å². The Morgan fingerprint density at radius 1 is 1.20 bits per heavy atom. The molecule has 15 heavy (non-hydrogen) atoms. The van der Waals surface area contributed by atoms with Crippen molar-refractivity contribution in [3.63, 3.8) is 0 Å². The maximum atomic E-state index is 9.57. The van der Waals surface area contributed by atoms with Crippen LogP contribution in [0.1, 0.15) is 27.7 Å². The Morgan fingerprint density at radius 3 is 2.00 bits per heavy atom. The van der Waals surface area contributed by atoms with E-state index >= 15 is 0 Å². The summed E-state index contributed by atoms with van der Waals surface area (Å²) in [4.78, 5) is 0. The molecule has 0 bridgehead atoms. The molecule has 2 nitrogen and oxygen atoms in total. The minimum atomic E-state index is -1.58. The monoisotopic (exact) mass is 228 g/mol. The second kappa shape index (κ2) is 5.15. The van der Waals surface area contributed by atoms with Gasteiger partial charge in [-0.2, -0.15) is 0 Å². The number of rotatable bonds is 3. The Labute approximate surface area is 95.2 Å². The summed E-state index contributed by atoms with van der Waals surface area (Å²) < 4.78 is 5.91. The topological polar surface area (TPSA) is 29.5 Å². The lowest BCUT2D eigenvalue weighted by Crippen LogP contribution is -2.37. The van der Waals surface area contributed by atoms with Crippen molar-refractivity contribution in [2.75, 3.05) is 0 Å². The number of aliphatic hydroxyl groups excluding tert-OH is 1. The van der Waals surface area contributed by atoms with Crippen LogP contribution in [0.25, 0.3) is 0 Å². The average molecular weight is 228 g/mol. The maximum Gasteiger partial charge on any atom is 0.185 e. The van der Waals surface area contributed by atoms with E-state index in [1.807, 2.05) is 27.7 Å². The van der Waals surface area contributed by atoms with Crippen LogP contribution in [0.15, 0.2) is 0 Å². The molecule has 1 N–H and O–H groups in total. The second-order valence-electron chi connectivity index (χ2n) is 5.68. The van der Waals surface area contributed by atoms with Crippen molar-refractivity contribution in [3.8, 4) is 11.8 Å². The molecular weight excluding hydrogens is 204 g/mol. The zero-order valence-corrected chi connectivity index (χ0v) is 12.0. The largest absolute Gasteiger partial charge is 0.402 e. The predicted octanol–water partition coefficient (Wildman–Crippen LogP) is 2.64. The van der Waals surface area contributed by atoms with Gasteiger partial charge in [0.2, 0.25) is 0 Å². The van der Waals surface area contributed by atoms with Gasteiger partial charge in [-0.25, -0.2) is 0 Å². The van der Waals surface area contributed by atoms with Crippen molar-refractivity contribution in [3.05, 3.63) is 0 Å². The molecular formula is C12H24O2Si. The molecule has 0 aromatic heterocycles. The van der Waals surface area contributed by atoms with E-state index in [9.17, 15) is 5.11 Å². The maximum absolute atomic E-state index is 9.57. The van der Waals surface area contributed by atoms with Crippen LogP contribution < -0.4 is 0 Å². The van der Waals surface area contributed by atoms with Crippen LogP contribution in [0.3, 0.4) is 0 Å². The van der Waals surface area contributed by atoms with Crippen LogP contribution in [0, 0.1) is 17.8 Å². The van der Waals surface area contributed by atoms with Crippen LogP contribution in [-0.4, -0.2) is 25.1 Å². The Bertz CT molecular complexity index is 253. The van der Waals surface area contributed by atoms with Crippen LogP contribution in [-0.2, 0) is 4.43 Å². The van der Waals surface area contributed by atoms with E-state index in [1.54, 1.807) is 0 Å². The SMILES string of the molecule is CC(C)[C@@H](O)C#CC(C)(C)O[Si](C)(C)C. The highest BCUT2D eigenvalue weighted by molar-refractivity contribution is 6.69. The summed E-state index contributed by atoms with van der Waals surface area (Å²) in [7, 11) is -1.58. The van der Waals surface area contributed by atoms with E-state index < -0.39 is 20.0 Å². The van der Waals surface area contributed by atoms with Gasteiger partial charge in [-0.3, -0.25) is 0 Å². The molecule has 88 valence electrons. The van der Waals surface area contributed by atoms with Gasteiger partial charge in [0.25, 0.3) is 0 Å². The standard InChI is InChI=1S/C12H24O2Si/c1-10(2)11(13)8-9-12(3,4)14-15(5,6)7/h10-11,13H,1-7H3/t11-/m0/s1. The Morgan fingerprint density at radius 2 is 1.67 bits per heavy atom. The van der Waals surface area contributed by atoms with Crippen molar-refractivity contribution < 1.29 is 9.53 Å². The van der Waals surface area contributed by atoms with E-state index in [4.69, 9.17) is 4.43 Å². The fraction of sp³-hybridized carbons (Fsp3) is 0.833. The number of hydrogen-bond donors (Lipinski definition) is 1. The molecule has 0 aromatic carbocycles. The van der Waals surface area contributed by atoms with E-state index in [0.29, 0.717) is 0 Å². The zero-order chi connectivity index (χ0) is 12.3. The molecule has 0 aliphatic rings. The molecule has 0 spiro atoms. The third kappa shape index (κ3) is 7.61. The molecule has 1 atom stereocenters. The second-order valence-corrected chi connectivity index (χ2v) is 10.1. The smallest absolute Gasteiger partial charge is 0.185 e. The van der Waals surface area contributed by atoms with Gasteiger partial charge in [-0.05, 0) is 39.4 Å². The van der Waals surface area contributed by atoms with Crippen molar-refractivity contribution >= 4 is 8.32 Å². The van der Waals surface area contributed by atoms with Crippen molar-refractivity contribution in [2.24, 2.45) is 5.92 Å². The quantitative estimate of drug-likeness (QED) is 0.594. The van der Waals surface area contributed by atoms with Crippen LogP contribution in [0.4, 0.5) is 0 Å². The van der Waals surface area contributed by atoms with Gasteiger partial charge < -0.3 is 9.53 Å². The minimum Gasteiger partial charge on any atom is -0.402 e. The highest BCUT2D eigenvalue weighted by atomic mass is 28.4. The van der Waals surface area contributed by atoms with Gasteiger partial charge in [-0.15, -0.1) is 0 Å². The summed E-state index contributed by atoms with van der Waals surface area (Å²) in [5.41, 5.74) is -0.458. The van der Waals surface area contributed by atoms with Gasteiger partial charge in [0.1, 0.15) is 11.7 Å². The molecule has 0 amide bonds.